The molecular formula is C14H15ClN2O4S2. The largest absolute Gasteiger partial charge is 0.495 e. The SMILES string of the molecule is COc1ccc(S(N)(=O)=O)cc1NC(=O)CCc1ccc(Cl)s1. The molecule has 0 unspecified atom stereocenters. The standard InChI is InChI=1S/C14H15ClN2O4S2/c1-21-12-5-4-10(23(16,19)20)8-11(12)17-14(18)7-3-9-2-6-13(15)22-9/h2,4-6,8H,3,7H2,1H3,(H,17,18)(H2,16,19,20). The second kappa shape index (κ2) is 7.31. The predicted molar refractivity (Wildman–Crippen MR) is 90.6 cm³/mol. The number of halogens is 1. The van der Waals surface area contributed by atoms with Crippen LogP contribution in [0.4, 0.5) is 5.69 Å². The molecule has 0 fully saturated rings. The number of carbonyl (C=O) groups excluding carboxylic acids is 1. The zero-order valence-electron chi connectivity index (χ0n) is 12.2. The molecule has 0 bridgehead atoms. The lowest BCUT2D eigenvalue weighted by atomic mass is 10.2. The lowest BCUT2D eigenvalue weighted by Crippen LogP contribution is -2.15. The summed E-state index contributed by atoms with van der Waals surface area (Å²) in [5.41, 5.74) is 0.258. The first-order valence-corrected chi connectivity index (χ1v) is 9.28. The Morgan fingerprint density at radius 1 is 1.35 bits per heavy atom. The van der Waals surface area contributed by atoms with Crippen molar-refractivity contribution in [3.63, 3.8) is 0 Å². The summed E-state index contributed by atoms with van der Waals surface area (Å²) in [6.45, 7) is 0. The van der Waals surface area contributed by atoms with Gasteiger partial charge in [0.15, 0.2) is 0 Å². The van der Waals surface area contributed by atoms with Crippen LogP contribution >= 0.6 is 22.9 Å². The number of benzene rings is 1. The van der Waals surface area contributed by atoms with E-state index in [-0.39, 0.29) is 22.9 Å². The number of nitrogens with two attached hydrogens (primary N) is 1. The predicted octanol–water partition coefficient (Wildman–Crippen LogP) is 2.63. The summed E-state index contributed by atoms with van der Waals surface area (Å²) in [4.78, 5) is 12.9. The Morgan fingerprint density at radius 3 is 2.65 bits per heavy atom. The lowest BCUT2D eigenvalue weighted by Gasteiger charge is -2.11. The molecular weight excluding hydrogens is 360 g/mol. The van der Waals surface area contributed by atoms with Crippen LogP contribution in [0.2, 0.25) is 4.34 Å². The number of thiophene rings is 1. The molecule has 0 radical (unpaired) electrons. The molecule has 2 rings (SSSR count). The number of primary sulfonamides is 1. The fourth-order valence-corrected chi connectivity index (χ4v) is 3.52. The summed E-state index contributed by atoms with van der Waals surface area (Å²) in [6.07, 6.45) is 0.778. The number of hydrogen-bond acceptors (Lipinski definition) is 5. The van der Waals surface area contributed by atoms with E-state index in [0.717, 1.165) is 4.88 Å². The molecule has 1 aromatic heterocycles. The topological polar surface area (TPSA) is 98.5 Å². The fraction of sp³-hybridized carbons (Fsp3) is 0.214. The normalized spacial score (nSPS) is 11.3. The average molecular weight is 375 g/mol. The van der Waals surface area contributed by atoms with Gasteiger partial charge in [0.25, 0.3) is 0 Å². The second-order valence-corrected chi connectivity index (χ2v) is 8.02. The first kappa shape index (κ1) is 17.7. The molecule has 0 atom stereocenters. The van der Waals surface area contributed by atoms with Gasteiger partial charge in [-0.3, -0.25) is 4.79 Å². The summed E-state index contributed by atoms with van der Waals surface area (Å²) in [6, 6.07) is 7.67. The van der Waals surface area contributed by atoms with Crippen molar-refractivity contribution in [1.82, 2.24) is 0 Å². The van der Waals surface area contributed by atoms with Crippen LogP contribution in [0.1, 0.15) is 11.3 Å². The van der Waals surface area contributed by atoms with Crippen molar-refractivity contribution < 1.29 is 17.9 Å². The van der Waals surface area contributed by atoms with Crippen LogP contribution in [0.25, 0.3) is 0 Å². The molecule has 0 aliphatic carbocycles. The summed E-state index contributed by atoms with van der Waals surface area (Å²) < 4.78 is 28.6. The molecule has 0 saturated heterocycles. The smallest absolute Gasteiger partial charge is 0.238 e. The molecule has 0 spiro atoms. The highest BCUT2D eigenvalue weighted by atomic mass is 35.5. The zero-order valence-corrected chi connectivity index (χ0v) is 14.6. The highest BCUT2D eigenvalue weighted by Crippen LogP contribution is 2.27. The summed E-state index contributed by atoms with van der Waals surface area (Å²) in [7, 11) is -2.43. The Bertz CT molecular complexity index is 818. The van der Waals surface area contributed by atoms with Crippen molar-refractivity contribution in [3.8, 4) is 5.75 Å². The van der Waals surface area contributed by atoms with Crippen LogP contribution in [0.5, 0.6) is 5.75 Å². The van der Waals surface area contributed by atoms with Gasteiger partial charge in [0, 0.05) is 11.3 Å². The van der Waals surface area contributed by atoms with E-state index in [2.05, 4.69) is 5.32 Å². The van der Waals surface area contributed by atoms with Crippen LogP contribution < -0.4 is 15.2 Å². The van der Waals surface area contributed by atoms with E-state index in [1.807, 2.05) is 6.07 Å². The van der Waals surface area contributed by atoms with E-state index in [4.69, 9.17) is 21.5 Å². The van der Waals surface area contributed by atoms with Crippen molar-refractivity contribution >= 4 is 44.6 Å². The number of methoxy groups -OCH3 is 1. The molecule has 3 N–H and O–H groups in total. The minimum Gasteiger partial charge on any atom is -0.495 e. The summed E-state index contributed by atoms with van der Waals surface area (Å²) in [5.74, 6) is 0.0873. The van der Waals surface area contributed by atoms with Crippen molar-refractivity contribution in [3.05, 3.63) is 39.5 Å². The summed E-state index contributed by atoms with van der Waals surface area (Å²) in [5, 5.41) is 7.73. The van der Waals surface area contributed by atoms with Crippen LogP contribution in [0, 0.1) is 0 Å². The maximum absolute atomic E-state index is 12.0. The minimum atomic E-state index is -3.86. The summed E-state index contributed by atoms with van der Waals surface area (Å²) >= 11 is 7.25. The van der Waals surface area contributed by atoms with Gasteiger partial charge in [0.05, 0.1) is 22.0 Å². The number of sulfonamides is 1. The van der Waals surface area contributed by atoms with Crippen molar-refractivity contribution in [1.29, 1.82) is 0 Å². The number of aryl methyl sites for hydroxylation is 1. The molecule has 1 aromatic carbocycles. The van der Waals surface area contributed by atoms with Gasteiger partial charge < -0.3 is 10.1 Å². The van der Waals surface area contributed by atoms with Gasteiger partial charge in [-0.15, -0.1) is 11.3 Å². The maximum Gasteiger partial charge on any atom is 0.238 e. The number of rotatable bonds is 6. The highest BCUT2D eigenvalue weighted by Gasteiger charge is 2.14. The third kappa shape index (κ3) is 4.93. The van der Waals surface area contributed by atoms with Gasteiger partial charge in [-0.1, -0.05) is 11.6 Å². The Hall–Kier alpha value is -1.61. The van der Waals surface area contributed by atoms with Crippen LogP contribution in [-0.4, -0.2) is 21.4 Å². The molecule has 0 aliphatic heterocycles. The van der Waals surface area contributed by atoms with Gasteiger partial charge in [0.2, 0.25) is 15.9 Å². The fourth-order valence-electron chi connectivity index (χ4n) is 1.90. The van der Waals surface area contributed by atoms with Crippen molar-refractivity contribution in [2.24, 2.45) is 5.14 Å². The van der Waals surface area contributed by atoms with E-state index in [9.17, 15) is 13.2 Å². The number of ether oxygens (including phenoxy) is 1. The van der Waals surface area contributed by atoms with E-state index >= 15 is 0 Å². The van der Waals surface area contributed by atoms with Crippen LogP contribution in [-0.2, 0) is 21.2 Å². The minimum absolute atomic E-state index is 0.0985. The molecule has 2 aromatic rings. The van der Waals surface area contributed by atoms with Crippen molar-refractivity contribution in [2.45, 2.75) is 17.7 Å². The monoisotopic (exact) mass is 374 g/mol. The number of carbonyl (C=O) groups is 1. The van der Waals surface area contributed by atoms with E-state index in [1.165, 1.54) is 36.6 Å². The molecule has 1 heterocycles. The molecule has 0 saturated carbocycles. The van der Waals surface area contributed by atoms with Crippen LogP contribution in [0.3, 0.4) is 0 Å². The highest BCUT2D eigenvalue weighted by molar-refractivity contribution is 7.89. The Labute approximate surface area is 143 Å². The van der Waals surface area contributed by atoms with E-state index in [0.29, 0.717) is 16.5 Å². The molecule has 124 valence electrons. The zero-order chi connectivity index (χ0) is 17.0. The van der Waals surface area contributed by atoms with Crippen molar-refractivity contribution in [2.75, 3.05) is 12.4 Å². The molecule has 6 nitrogen and oxygen atoms in total. The second-order valence-electron chi connectivity index (χ2n) is 4.66. The lowest BCUT2D eigenvalue weighted by molar-refractivity contribution is -0.116. The Balaban J connectivity index is 2.09. The molecule has 0 aliphatic rings. The van der Waals surface area contributed by atoms with E-state index in [1.54, 1.807) is 6.07 Å². The quantitative estimate of drug-likeness (QED) is 0.811. The third-order valence-electron chi connectivity index (χ3n) is 3.00. The average Bonchev–Trinajstić information content (AvgIpc) is 2.90. The van der Waals surface area contributed by atoms with Crippen LogP contribution in [0.15, 0.2) is 35.2 Å². The maximum atomic E-state index is 12.0. The van der Waals surface area contributed by atoms with Gasteiger partial charge >= 0.3 is 0 Å². The number of hydrogen-bond donors (Lipinski definition) is 2. The Kier molecular flexibility index (Phi) is 5.64. The number of amides is 1. The Morgan fingerprint density at radius 2 is 2.09 bits per heavy atom. The number of nitrogens with one attached hydrogen (secondary N) is 1. The van der Waals surface area contributed by atoms with Gasteiger partial charge in [0.1, 0.15) is 5.75 Å². The van der Waals surface area contributed by atoms with Gasteiger partial charge in [-0.2, -0.15) is 0 Å². The number of anilines is 1. The van der Waals surface area contributed by atoms with Gasteiger partial charge in [-0.05, 0) is 36.8 Å². The van der Waals surface area contributed by atoms with Gasteiger partial charge in [-0.25, -0.2) is 13.6 Å². The third-order valence-corrected chi connectivity index (χ3v) is 5.20. The molecule has 9 heteroatoms. The first-order valence-electron chi connectivity index (χ1n) is 6.54. The van der Waals surface area contributed by atoms with E-state index < -0.39 is 10.0 Å². The molecule has 1 amide bonds. The first-order chi connectivity index (χ1) is 10.8. The molecule has 23 heavy (non-hydrogen) atoms.